The Morgan fingerprint density at radius 1 is 1.11 bits per heavy atom. The zero-order chi connectivity index (χ0) is 27.1. The zero-order valence-corrected chi connectivity index (χ0v) is 22.4. The lowest BCUT2D eigenvalue weighted by Crippen LogP contribution is -2.60. The molecular formula is C27H36N3O7S-. The molecule has 38 heavy (non-hydrogen) atoms. The average Bonchev–Trinajstić information content (AvgIpc) is 3.46. The minimum Gasteiger partial charge on any atom is -0.530 e. The topological polar surface area (TPSA) is 131 Å². The first-order valence-electron chi connectivity index (χ1n) is 13.0. The third-order valence-corrected chi connectivity index (χ3v) is 9.28. The van der Waals surface area contributed by atoms with E-state index >= 15 is 0 Å². The Hall–Kier alpha value is -2.70. The molecule has 3 atom stereocenters. The minimum atomic E-state index is -4.01. The van der Waals surface area contributed by atoms with Crippen molar-refractivity contribution in [3.05, 3.63) is 60.2 Å². The number of aliphatic hydroxyl groups excluding tert-OH is 1. The molecule has 208 valence electrons. The molecule has 0 saturated carbocycles. The van der Waals surface area contributed by atoms with Crippen LogP contribution in [0.5, 0.6) is 5.75 Å². The van der Waals surface area contributed by atoms with Crippen molar-refractivity contribution in [1.82, 2.24) is 14.5 Å². The smallest absolute Gasteiger partial charge is 0.243 e. The number of ether oxygens (including phenoxy) is 2. The number of nitrogens with one attached hydrogen (secondary N) is 1. The molecule has 4 rings (SSSR count). The van der Waals surface area contributed by atoms with Crippen molar-refractivity contribution < 1.29 is 32.9 Å². The molecule has 2 aromatic carbocycles. The van der Waals surface area contributed by atoms with E-state index in [4.69, 9.17) is 9.47 Å². The second-order valence-electron chi connectivity index (χ2n) is 9.75. The van der Waals surface area contributed by atoms with E-state index in [0.29, 0.717) is 44.7 Å². The number of rotatable bonds is 11. The highest BCUT2D eigenvalue weighted by molar-refractivity contribution is 7.89. The van der Waals surface area contributed by atoms with Gasteiger partial charge < -0.3 is 34.7 Å². The summed E-state index contributed by atoms with van der Waals surface area (Å²) in [5.74, 6) is 0.531. The molecule has 0 aromatic heterocycles. The van der Waals surface area contributed by atoms with Crippen LogP contribution >= 0.6 is 0 Å². The van der Waals surface area contributed by atoms with Crippen LogP contribution < -0.4 is 15.2 Å². The first kappa shape index (κ1) is 28.3. The number of carboxylic acid groups (broad SMARTS) is 1. The fraction of sp³-hybridized carbons (Fsp3) is 0.519. The molecule has 2 aliphatic heterocycles. The molecule has 2 aromatic rings. The predicted octanol–water partition coefficient (Wildman–Crippen LogP) is 0.844. The molecule has 2 saturated heterocycles. The number of aliphatic hydroxyl groups is 1. The van der Waals surface area contributed by atoms with Gasteiger partial charge in [-0.05, 0) is 68.6 Å². The second kappa shape index (κ2) is 12.9. The summed E-state index contributed by atoms with van der Waals surface area (Å²) in [6.45, 7) is 1.65. The molecule has 2 N–H and O–H groups in total. The summed E-state index contributed by atoms with van der Waals surface area (Å²) < 4.78 is 39.8. The van der Waals surface area contributed by atoms with Gasteiger partial charge in [0.05, 0.1) is 36.8 Å². The molecule has 0 unspecified atom stereocenters. The fourth-order valence-corrected chi connectivity index (χ4v) is 7.00. The van der Waals surface area contributed by atoms with E-state index < -0.39 is 34.3 Å². The van der Waals surface area contributed by atoms with Crippen LogP contribution in [0.25, 0.3) is 0 Å². The largest absolute Gasteiger partial charge is 0.530 e. The summed E-state index contributed by atoms with van der Waals surface area (Å²) in [5.41, 5.74) is 0.827. The van der Waals surface area contributed by atoms with E-state index in [-0.39, 0.29) is 30.5 Å². The van der Waals surface area contributed by atoms with E-state index in [2.05, 4.69) is 5.32 Å². The maximum Gasteiger partial charge on any atom is 0.243 e. The molecule has 2 fully saturated rings. The summed E-state index contributed by atoms with van der Waals surface area (Å²) in [7, 11) is -2.50. The van der Waals surface area contributed by atoms with Gasteiger partial charge in [-0.2, -0.15) is 4.31 Å². The van der Waals surface area contributed by atoms with Gasteiger partial charge in [-0.15, -0.1) is 0 Å². The van der Waals surface area contributed by atoms with Gasteiger partial charge >= 0.3 is 0 Å². The van der Waals surface area contributed by atoms with Crippen LogP contribution in [-0.2, 0) is 21.2 Å². The Bertz CT molecular complexity index is 1140. The van der Waals surface area contributed by atoms with Crippen LogP contribution in [-0.4, -0.2) is 93.0 Å². The number of nitrogens with zero attached hydrogens (tertiary/aromatic N) is 2. The number of benzene rings is 2. The van der Waals surface area contributed by atoms with E-state index in [1.54, 1.807) is 12.1 Å². The Kier molecular flexibility index (Phi) is 9.61. The number of hydrogen-bond donors (Lipinski definition) is 2. The zero-order valence-electron chi connectivity index (χ0n) is 21.6. The monoisotopic (exact) mass is 546 g/mol. The lowest BCUT2D eigenvalue weighted by molar-refractivity contribution is -0.272. The molecule has 11 heteroatoms. The maximum atomic E-state index is 13.9. The van der Waals surface area contributed by atoms with Crippen molar-refractivity contribution in [3.8, 4) is 5.75 Å². The lowest BCUT2D eigenvalue weighted by atomic mass is 9.97. The SMILES string of the molecule is COc1ccc(S(=O)(=O)N(C[C@@H](O)[C@H](Cc2ccccc2)N(C(=O)[O-])[C@H]2CCOC2)C2CCNCC2)cc1. The number of carbonyl (C=O) groups is 1. The van der Waals surface area contributed by atoms with E-state index in [9.17, 15) is 23.4 Å². The molecule has 0 bridgehead atoms. The highest BCUT2D eigenvalue weighted by atomic mass is 32.2. The van der Waals surface area contributed by atoms with Gasteiger partial charge in [0.2, 0.25) is 10.0 Å². The standard InChI is InChI=1S/C27H37N3O7S/c1-36-23-7-9-24(10-8-23)38(34,35)29(21-11-14-28-15-12-21)18-26(31)25(17-20-5-3-2-4-6-20)30(27(32)33)22-13-16-37-19-22/h2-10,21-22,25-26,28,31H,11-19H2,1H3,(H,32,33)/p-1/t22-,25-,26+/m0/s1. The molecular weight excluding hydrogens is 510 g/mol. The van der Waals surface area contributed by atoms with Gasteiger partial charge in [0.1, 0.15) is 11.8 Å². The Labute approximate surface area is 224 Å². The second-order valence-corrected chi connectivity index (χ2v) is 11.6. The first-order valence-corrected chi connectivity index (χ1v) is 14.4. The van der Waals surface area contributed by atoms with Crippen molar-refractivity contribution in [1.29, 1.82) is 0 Å². The van der Waals surface area contributed by atoms with Crippen LogP contribution in [0.15, 0.2) is 59.5 Å². The minimum absolute atomic E-state index is 0.0876. The molecule has 2 heterocycles. The van der Waals surface area contributed by atoms with Crippen molar-refractivity contribution in [2.45, 2.75) is 54.8 Å². The van der Waals surface area contributed by atoms with Crippen molar-refractivity contribution in [3.63, 3.8) is 0 Å². The van der Waals surface area contributed by atoms with E-state index in [1.165, 1.54) is 23.5 Å². The van der Waals surface area contributed by atoms with Gasteiger partial charge in [-0.3, -0.25) is 0 Å². The predicted molar refractivity (Wildman–Crippen MR) is 139 cm³/mol. The number of carbonyl (C=O) groups excluding carboxylic acids is 1. The maximum absolute atomic E-state index is 13.9. The highest BCUT2D eigenvalue weighted by Gasteiger charge is 2.39. The lowest BCUT2D eigenvalue weighted by Gasteiger charge is -2.42. The van der Waals surface area contributed by atoms with E-state index in [1.807, 2.05) is 30.3 Å². The van der Waals surface area contributed by atoms with Crippen molar-refractivity contribution >= 4 is 16.1 Å². The molecule has 10 nitrogen and oxygen atoms in total. The third kappa shape index (κ3) is 6.65. The van der Waals surface area contributed by atoms with Crippen molar-refractivity contribution in [2.75, 3.05) is 40.0 Å². The van der Waals surface area contributed by atoms with Crippen LogP contribution in [0, 0.1) is 0 Å². The van der Waals surface area contributed by atoms with Gasteiger partial charge in [-0.25, -0.2) is 8.42 Å². The summed E-state index contributed by atoms with van der Waals surface area (Å²) >= 11 is 0. The van der Waals surface area contributed by atoms with Crippen LogP contribution in [0.3, 0.4) is 0 Å². The fourth-order valence-electron chi connectivity index (χ4n) is 5.30. The molecule has 0 radical (unpaired) electrons. The molecule has 0 spiro atoms. The molecule has 0 aliphatic carbocycles. The Morgan fingerprint density at radius 2 is 1.79 bits per heavy atom. The van der Waals surface area contributed by atoms with E-state index in [0.717, 1.165) is 10.5 Å². The van der Waals surface area contributed by atoms with Gasteiger partial charge in [0.15, 0.2) is 0 Å². The van der Waals surface area contributed by atoms with Gasteiger partial charge in [0.25, 0.3) is 0 Å². The Morgan fingerprint density at radius 3 is 2.37 bits per heavy atom. The average molecular weight is 547 g/mol. The normalized spacial score (nSPS) is 20.2. The number of hydrogen-bond acceptors (Lipinski definition) is 8. The highest BCUT2D eigenvalue weighted by Crippen LogP contribution is 2.27. The summed E-state index contributed by atoms with van der Waals surface area (Å²) in [6, 6.07) is 13.6. The van der Waals surface area contributed by atoms with Crippen LogP contribution in [0.1, 0.15) is 24.8 Å². The number of piperidine rings is 1. The Balaban J connectivity index is 1.67. The summed E-state index contributed by atoms with van der Waals surface area (Å²) in [5, 5.41) is 27.3. The van der Waals surface area contributed by atoms with Crippen molar-refractivity contribution in [2.24, 2.45) is 0 Å². The third-order valence-electron chi connectivity index (χ3n) is 7.35. The number of amides is 1. The van der Waals surface area contributed by atoms with Crippen LogP contribution in [0.2, 0.25) is 0 Å². The molecule has 2 aliphatic rings. The summed E-state index contributed by atoms with van der Waals surface area (Å²) in [6.07, 6.45) is -0.884. The summed E-state index contributed by atoms with van der Waals surface area (Å²) in [4.78, 5) is 13.6. The molecule has 1 amide bonds. The van der Waals surface area contributed by atoms with Gasteiger partial charge in [-0.1, -0.05) is 30.3 Å². The number of methoxy groups -OCH3 is 1. The van der Waals surface area contributed by atoms with Crippen LogP contribution in [0.4, 0.5) is 4.79 Å². The van der Waals surface area contributed by atoms with Gasteiger partial charge in [0, 0.05) is 19.2 Å². The first-order chi connectivity index (χ1) is 18.3. The quantitative estimate of drug-likeness (QED) is 0.424. The number of sulfonamides is 1.